The van der Waals surface area contributed by atoms with Gasteiger partial charge in [-0.05, 0) is 24.3 Å². The number of carbonyl (C=O) groups excluding carboxylic acids is 1. The van der Waals surface area contributed by atoms with Crippen LogP contribution in [0.1, 0.15) is 6.92 Å². The summed E-state index contributed by atoms with van der Waals surface area (Å²) in [5.41, 5.74) is 0.959. The van der Waals surface area contributed by atoms with Crippen LogP contribution in [0.5, 0.6) is 0 Å². The van der Waals surface area contributed by atoms with Crippen molar-refractivity contribution in [2.24, 2.45) is 4.99 Å². The normalized spacial score (nSPS) is 17.9. The summed E-state index contributed by atoms with van der Waals surface area (Å²) >= 11 is 7.27. The van der Waals surface area contributed by atoms with Gasteiger partial charge in [0.15, 0.2) is 5.17 Å². The third kappa shape index (κ3) is 2.90. The summed E-state index contributed by atoms with van der Waals surface area (Å²) < 4.78 is 0. The van der Waals surface area contributed by atoms with Gasteiger partial charge in [-0.1, -0.05) is 29.9 Å². The number of amides is 1. The molecule has 0 bridgehead atoms. The largest absolute Gasteiger partial charge is 0.316 e. The molecule has 1 aromatic carbocycles. The molecule has 0 spiro atoms. The van der Waals surface area contributed by atoms with E-state index >= 15 is 0 Å². The van der Waals surface area contributed by atoms with Crippen LogP contribution >= 0.6 is 23.4 Å². The van der Waals surface area contributed by atoms with E-state index in [1.165, 1.54) is 18.7 Å². The predicted molar refractivity (Wildman–Crippen MR) is 73.6 cm³/mol. The van der Waals surface area contributed by atoms with Crippen molar-refractivity contribution in [1.82, 2.24) is 0 Å². The molecule has 1 amide bonds. The van der Waals surface area contributed by atoms with Crippen LogP contribution in [0.15, 0.2) is 40.7 Å². The molecule has 1 aromatic rings. The van der Waals surface area contributed by atoms with Crippen LogP contribution in [-0.2, 0) is 4.79 Å². The molecule has 1 aliphatic heterocycles. The maximum absolute atomic E-state index is 11.1. The Morgan fingerprint density at radius 1 is 1.47 bits per heavy atom. The van der Waals surface area contributed by atoms with E-state index < -0.39 is 0 Å². The highest BCUT2D eigenvalue weighted by Crippen LogP contribution is 2.32. The van der Waals surface area contributed by atoms with Crippen molar-refractivity contribution >= 4 is 40.1 Å². The molecule has 1 fully saturated rings. The van der Waals surface area contributed by atoms with E-state index in [-0.39, 0.29) is 5.91 Å². The number of thioether (sulfide) groups is 1. The van der Waals surface area contributed by atoms with Crippen LogP contribution < -0.4 is 4.90 Å². The fourth-order valence-corrected chi connectivity index (χ4v) is 2.53. The zero-order valence-corrected chi connectivity index (χ0v) is 10.9. The maximum Gasteiger partial charge on any atom is 0.244 e. The number of benzene rings is 1. The van der Waals surface area contributed by atoms with Crippen molar-refractivity contribution in [3.05, 3.63) is 40.8 Å². The van der Waals surface area contributed by atoms with Gasteiger partial charge in [0.05, 0.1) is 6.54 Å². The molecule has 0 saturated carbocycles. The number of carbonyl (C=O) groups is 1. The fraction of sp³-hybridized carbons (Fsp3) is 0.167. The van der Waals surface area contributed by atoms with Crippen LogP contribution in [0.25, 0.3) is 0 Å². The topological polar surface area (TPSA) is 32.7 Å². The van der Waals surface area contributed by atoms with E-state index in [1.54, 1.807) is 0 Å². The monoisotopic (exact) mass is 266 g/mol. The number of rotatable bonds is 1. The molecule has 0 atom stereocenters. The second-order valence-corrected chi connectivity index (χ2v) is 5.20. The first-order chi connectivity index (χ1) is 8.06. The lowest BCUT2D eigenvalue weighted by atomic mass is 10.3. The molecule has 1 heterocycles. The number of anilines is 1. The SMILES string of the molecule is C=C1CN(c2ccc(Cl)cc2)/C(=N/C(C)=O)S1. The Morgan fingerprint density at radius 3 is 2.71 bits per heavy atom. The van der Waals surface area contributed by atoms with Gasteiger partial charge in [-0.15, -0.1) is 0 Å². The van der Waals surface area contributed by atoms with Crippen molar-refractivity contribution in [3.8, 4) is 0 Å². The number of hydrogen-bond acceptors (Lipinski definition) is 2. The number of hydrogen-bond donors (Lipinski definition) is 0. The number of nitrogens with zero attached hydrogens (tertiary/aromatic N) is 2. The highest BCUT2D eigenvalue weighted by molar-refractivity contribution is 8.18. The molecule has 3 nitrogen and oxygen atoms in total. The molecule has 0 unspecified atom stereocenters. The lowest BCUT2D eigenvalue weighted by Crippen LogP contribution is -2.23. The maximum atomic E-state index is 11.1. The standard InChI is InChI=1S/C12H11ClN2OS/c1-8-7-15(12(17-8)14-9(2)16)11-5-3-10(13)4-6-11/h3-6H,1,7H2,2H3/b14-12-. The second kappa shape index (κ2) is 4.94. The van der Waals surface area contributed by atoms with E-state index in [9.17, 15) is 4.79 Å². The summed E-state index contributed by atoms with van der Waals surface area (Å²) in [6.45, 7) is 6.01. The van der Waals surface area contributed by atoms with Gasteiger partial charge in [0, 0.05) is 22.5 Å². The van der Waals surface area contributed by atoms with Gasteiger partial charge in [0.2, 0.25) is 5.91 Å². The van der Waals surface area contributed by atoms with Crippen LogP contribution in [0, 0.1) is 0 Å². The van der Waals surface area contributed by atoms with Gasteiger partial charge >= 0.3 is 0 Å². The molecule has 0 N–H and O–H groups in total. The quantitative estimate of drug-likeness (QED) is 0.782. The van der Waals surface area contributed by atoms with Crippen LogP contribution in [0.2, 0.25) is 5.02 Å². The Hall–Kier alpha value is -1.26. The average Bonchev–Trinajstić information content (AvgIpc) is 2.59. The zero-order valence-electron chi connectivity index (χ0n) is 9.31. The van der Waals surface area contributed by atoms with Crippen molar-refractivity contribution in [1.29, 1.82) is 0 Å². The molecule has 88 valence electrons. The third-order valence-electron chi connectivity index (χ3n) is 2.19. The fourth-order valence-electron chi connectivity index (χ4n) is 1.50. The van der Waals surface area contributed by atoms with Gasteiger partial charge in [-0.3, -0.25) is 4.79 Å². The summed E-state index contributed by atoms with van der Waals surface area (Å²) in [5, 5.41) is 1.36. The first-order valence-corrected chi connectivity index (χ1v) is 6.23. The molecular formula is C12H11ClN2OS. The second-order valence-electron chi connectivity index (χ2n) is 3.62. The zero-order chi connectivity index (χ0) is 12.4. The van der Waals surface area contributed by atoms with Crippen LogP contribution in [0.3, 0.4) is 0 Å². The van der Waals surface area contributed by atoms with E-state index in [2.05, 4.69) is 11.6 Å². The van der Waals surface area contributed by atoms with Gasteiger partial charge < -0.3 is 4.90 Å². The van der Waals surface area contributed by atoms with Crippen LogP contribution in [0.4, 0.5) is 5.69 Å². The van der Waals surface area contributed by atoms with Gasteiger partial charge in [-0.2, -0.15) is 4.99 Å². The lowest BCUT2D eigenvalue weighted by Gasteiger charge is -2.17. The third-order valence-corrected chi connectivity index (χ3v) is 3.36. The minimum atomic E-state index is -0.207. The van der Waals surface area contributed by atoms with E-state index in [0.717, 1.165) is 10.6 Å². The molecule has 2 rings (SSSR count). The van der Waals surface area contributed by atoms with Crippen molar-refractivity contribution in [3.63, 3.8) is 0 Å². The highest BCUT2D eigenvalue weighted by Gasteiger charge is 2.24. The first-order valence-electron chi connectivity index (χ1n) is 5.04. The summed E-state index contributed by atoms with van der Waals surface area (Å²) in [5.74, 6) is -0.207. The Bertz CT molecular complexity index is 496. The summed E-state index contributed by atoms with van der Waals surface area (Å²) in [6, 6.07) is 7.43. The van der Waals surface area contributed by atoms with Gasteiger partial charge in [0.25, 0.3) is 0 Å². The molecule has 5 heteroatoms. The molecule has 0 aliphatic carbocycles. The lowest BCUT2D eigenvalue weighted by molar-refractivity contribution is -0.115. The minimum Gasteiger partial charge on any atom is -0.316 e. The molecule has 0 radical (unpaired) electrons. The summed E-state index contributed by atoms with van der Waals surface area (Å²) in [4.78, 5) is 18.0. The Kier molecular flexibility index (Phi) is 3.54. The van der Waals surface area contributed by atoms with Gasteiger partial charge in [0.1, 0.15) is 0 Å². The minimum absolute atomic E-state index is 0.207. The molecule has 1 saturated heterocycles. The number of amidine groups is 1. The predicted octanol–water partition coefficient (Wildman–Crippen LogP) is 3.31. The van der Waals surface area contributed by atoms with Crippen molar-refractivity contribution < 1.29 is 4.79 Å². The number of aliphatic imine (C=N–C) groups is 1. The number of halogens is 1. The Morgan fingerprint density at radius 2 is 2.12 bits per heavy atom. The van der Waals surface area contributed by atoms with E-state index in [1.807, 2.05) is 29.2 Å². The molecule has 1 aliphatic rings. The van der Waals surface area contributed by atoms with Gasteiger partial charge in [-0.25, -0.2) is 0 Å². The molecule has 17 heavy (non-hydrogen) atoms. The van der Waals surface area contributed by atoms with Crippen molar-refractivity contribution in [2.75, 3.05) is 11.4 Å². The Balaban J connectivity index is 2.33. The summed E-state index contributed by atoms with van der Waals surface area (Å²) in [6.07, 6.45) is 0. The molecule has 0 aromatic heterocycles. The smallest absolute Gasteiger partial charge is 0.244 e. The Labute approximate surface area is 109 Å². The highest BCUT2D eigenvalue weighted by atomic mass is 35.5. The van der Waals surface area contributed by atoms with Crippen molar-refractivity contribution in [2.45, 2.75) is 6.92 Å². The molecular weight excluding hydrogens is 256 g/mol. The summed E-state index contributed by atoms with van der Waals surface area (Å²) in [7, 11) is 0. The average molecular weight is 267 g/mol. The van der Waals surface area contributed by atoms with E-state index in [4.69, 9.17) is 11.6 Å². The van der Waals surface area contributed by atoms with Crippen LogP contribution in [-0.4, -0.2) is 17.6 Å². The van der Waals surface area contributed by atoms with E-state index in [0.29, 0.717) is 16.7 Å². The first kappa shape index (κ1) is 12.2.